The van der Waals surface area contributed by atoms with E-state index in [0.717, 1.165) is 36.5 Å². The van der Waals surface area contributed by atoms with E-state index < -0.39 is 0 Å². The third-order valence-corrected chi connectivity index (χ3v) is 4.46. The molecule has 1 aliphatic heterocycles. The second kappa shape index (κ2) is 9.36. The monoisotopic (exact) mass is 355 g/mol. The zero-order valence-corrected chi connectivity index (χ0v) is 14.7. The summed E-state index contributed by atoms with van der Waals surface area (Å²) in [5.41, 5.74) is 9.01. The van der Waals surface area contributed by atoms with E-state index >= 15 is 0 Å². The summed E-state index contributed by atoms with van der Waals surface area (Å²) < 4.78 is 11.2. The first-order valence-corrected chi connectivity index (χ1v) is 9.16. The van der Waals surface area contributed by atoms with E-state index in [9.17, 15) is 0 Å². The second-order valence-corrected chi connectivity index (χ2v) is 6.55. The highest BCUT2D eigenvalue weighted by Gasteiger charge is 2.16. The minimum atomic E-state index is -0.294. The van der Waals surface area contributed by atoms with Crippen molar-refractivity contribution in [3.63, 3.8) is 0 Å². The van der Waals surface area contributed by atoms with Crippen molar-refractivity contribution in [1.82, 2.24) is 0 Å². The van der Waals surface area contributed by atoms with Crippen LogP contribution in [-0.4, -0.2) is 24.6 Å². The Hall–Kier alpha value is -2.15. The molecule has 2 aromatic rings. The zero-order valence-electron chi connectivity index (χ0n) is 13.9. The van der Waals surface area contributed by atoms with Gasteiger partial charge in [-0.15, -0.1) is 5.10 Å². The number of nitrogens with zero attached hydrogens (tertiary/aromatic N) is 2. The number of benzene rings is 2. The minimum absolute atomic E-state index is 0.294. The summed E-state index contributed by atoms with van der Waals surface area (Å²) in [4.78, 5) is 0. The van der Waals surface area contributed by atoms with Crippen molar-refractivity contribution < 1.29 is 9.47 Å². The number of hydrogen-bond acceptors (Lipinski definition) is 5. The highest BCUT2D eigenvalue weighted by Crippen LogP contribution is 2.23. The van der Waals surface area contributed by atoms with Crippen LogP contribution in [0.25, 0.3) is 0 Å². The first kappa shape index (κ1) is 17.7. The van der Waals surface area contributed by atoms with Crippen LogP contribution >= 0.6 is 11.8 Å². The summed E-state index contributed by atoms with van der Waals surface area (Å²) in [7, 11) is 0. The molecule has 2 aromatic carbocycles. The fourth-order valence-corrected chi connectivity index (χ4v) is 2.99. The van der Waals surface area contributed by atoms with Gasteiger partial charge < -0.3 is 15.2 Å². The van der Waals surface area contributed by atoms with E-state index in [1.807, 2.05) is 42.5 Å². The Labute approximate surface area is 151 Å². The zero-order chi connectivity index (χ0) is 17.3. The largest absolute Gasteiger partial charge is 0.377 e. The molecule has 1 aliphatic rings. The fourth-order valence-electron chi connectivity index (χ4n) is 2.38. The van der Waals surface area contributed by atoms with Gasteiger partial charge in [0, 0.05) is 11.3 Å². The van der Waals surface area contributed by atoms with Gasteiger partial charge in [-0.05, 0) is 23.6 Å². The van der Waals surface area contributed by atoms with Crippen molar-refractivity contribution in [2.75, 3.05) is 13.2 Å². The van der Waals surface area contributed by atoms with Crippen molar-refractivity contribution in [3.05, 3.63) is 71.3 Å². The third kappa shape index (κ3) is 5.70. The molecule has 6 heteroatoms. The molecule has 2 N–H and O–H groups in total. The quantitative estimate of drug-likeness (QED) is 0.504. The van der Waals surface area contributed by atoms with Gasteiger partial charge in [-0.1, -0.05) is 60.3 Å². The van der Waals surface area contributed by atoms with Crippen LogP contribution in [0, 0.1) is 0 Å². The maximum atomic E-state index is 5.89. The standard InChI is InChI=1S/C19H21N3O2S/c20-19(25-14-15-6-2-1-3-7-15)22-21-13-16-8-4-9-17(12-16)18-23-10-5-11-24-18/h1-4,6-9,12-13,18H,5,10-11,14H2,(H2,20,22). The van der Waals surface area contributed by atoms with Gasteiger partial charge in [0.1, 0.15) is 0 Å². The van der Waals surface area contributed by atoms with E-state index in [4.69, 9.17) is 15.2 Å². The van der Waals surface area contributed by atoms with E-state index in [2.05, 4.69) is 22.3 Å². The third-order valence-electron chi connectivity index (χ3n) is 3.60. The number of nitrogens with two attached hydrogens (primary N) is 1. The van der Waals surface area contributed by atoms with Crippen LogP contribution in [0.4, 0.5) is 0 Å². The molecule has 0 bridgehead atoms. The molecule has 0 amide bonds. The Morgan fingerprint density at radius 2 is 1.92 bits per heavy atom. The molecule has 0 spiro atoms. The first-order chi connectivity index (χ1) is 12.3. The molecule has 25 heavy (non-hydrogen) atoms. The van der Waals surface area contributed by atoms with Crippen LogP contribution in [0.3, 0.4) is 0 Å². The summed E-state index contributed by atoms with van der Waals surface area (Å²) in [5.74, 6) is 0.775. The van der Waals surface area contributed by atoms with Gasteiger partial charge in [0.05, 0.1) is 19.4 Å². The minimum Gasteiger partial charge on any atom is -0.377 e. The Kier molecular flexibility index (Phi) is 6.62. The summed E-state index contributed by atoms with van der Waals surface area (Å²) in [6, 6.07) is 18.0. The average Bonchev–Trinajstić information content (AvgIpc) is 2.68. The van der Waals surface area contributed by atoms with Crippen molar-refractivity contribution >= 4 is 23.1 Å². The molecule has 0 atom stereocenters. The predicted octanol–water partition coefficient (Wildman–Crippen LogP) is 3.70. The van der Waals surface area contributed by atoms with Crippen LogP contribution in [0.1, 0.15) is 29.4 Å². The number of rotatable bonds is 5. The molecule has 0 aromatic heterocycles. The lowest BCUT2D eigenvalue weighted by Gasteiger charge is -2.23. The maximum Gasteiger partial charge on any atom is 0.183 e. The number of hydrogen-bond donors (Lipinski definition) is 1. The predicted molar refractivity (Wildman–Crippen MR) is 103 cm³/mol. The number of ether oxygens (including phenoxy) is 2. The van der Waals surface area contributed by atoms with Gasteiger partial charge in [-0.25, -0.2) is 0 Å². The molecular formula is C19H21N3O2S. The molecule has 1 heterocycles. The van der Waals surface area contributed by atoms with Gasteiger partial charge in [0.2, 0.25) is 0 Å². The molecule has 130 valence electrons. The van der Waals surface area contributed by atoms with Gasteiger partial charge in [-0.2, -0.15) is 5.10 Å². The molecule has 0 saturated carbocycles. The van der Waals surface area contributed by atoms with Crippen molar-refractivity contribution in [3.8, 4) is 0 Å². The van der Waals surface area contributed by atoms with E-state index in [1.165, 1.54) is 17.3 Å². The molecule has 1 fully saturated rings. The van der Waals surface area contributed by atoms with Gasteiger partial charge in [0.25, 0.3) is 0 Å². The van der Waals surface area contributed by atoms with E-state index in [-0.39, 0.29) is 6.29 Å². The molecule has 1 saturated heterocycles. The molecule has 3 rings (SSSR count). The Morgan fingerprint density at radius 3 is 2.72 bits per heavy atom. The lowest BCUT2D eigenvalue weighted by atomic mass is 10.1. The Morgan fingerprint density at radius 1 is 1.12 bits per heavy atom. The SMILES string of the molecule is NC(=NN=Cc1cccc(C2OCCCO2)c1)SCc1ccccc1. The lowest BCUT2D eigenvalue weighted by molar-refractivity contribution is -0.183. The number of thioether (sulfide) groups is 1. The molecule has 0 radical (unpaired) electrons. The topological polar surface area (TPSA) is 69.2 Å². The Bertz CT molecular complexity index is 728. The van der Waals surface area contributed by atoms with Gasteiger partial charge in [0.15, 0.2) is 11.5 Å². The lowest BCUT2D eigenvalue weighted by Crippen LogP contribution is -2.17. The normalized spacial score (nSPS) is 16.4. The second-order valence-electron chi connectivity index (χ2n) is 5.55. The summed E-state index contributed by atoms with van der Waals surface area (Å²) in [5, 5.41) is 8.56. The Balaban J connectivity index is 1.55. The van der Waals surface area contributed by atoms with E-state index in [1.54, 1.807) is 6.21 Å². The fraction of sp³-hybridized carbons (Fsp3) is 0.263. The van der Waals surface area contributed by atoms with Gasteiger partial charge in [-0.3, -0.25) is 0 Å². The number of amidine groups is 1. The smallest absolute Gasteiger partial charge is 0.183 e. The summed E-state index contributed by atoms with van der Waals surface area (Å²) in [6.07, 6.45) is 2.33. The van der Waals surface area contributed by atoms with E-state index in [0.29, 0.717) is 5.17 Å². The van der Waals surface area contributed by atoms with Gasteiger partial charge >= 0.3 is 0 Å². The van der Waals surface area contributed by atoms with Crippen LogP contribution < -0.4 is 5.73 Å². The molecule has 0 aliphatic carbocycles. The molecular weight excluding hydrogens is 334 g/mol. The highest BCUT2D eigenvalue weighted by atomic mass is 32.2. The van der Waals surface area contributed by atoms with Crippen LogP contribution in [0.2, 0.25) is 0 Å². The summed E-state index contributed by atoms with van der Waals surface area (Å²) in [6.45, 7) is 1.45. The molecule has 5 nitrogen and oxygen atoms in total. The van der Waals surface area contributed by atoms with Crippen LogP contribution in [0.15, 0.2) is 64.8 Å². The summed E-state index contributed by atoms with van der Waals surface area (Å²) >= 11 is 1.46. The molecule has 0 unspecified atom stereocenters. The van der Waals surface area contributed by atoms with Crippen molar-refractivity contribution in [2.45, 2.75) is 18.5 Å². The van der Waals surface area contributed by atoms with Crippen LogP contribution in [0.5, 0.6) is 0 Å². The van der Waals surface area contributed by atoms with Crippen molar-refractivity contribution in [2.24, 2.45) is 15.9 Å². The highest BCUT2D eigenvalue weighted by molar-refractivity contribution is 8.13. The first-order valence-electron chi connectivity index (χ1n) is 8.17. The average molecular weight is 355 g/mol. The van der Waals surface area contributed by atoms with Crippen molar-refractivity contribution in [1.29, 1.82) is 0 Å². The maximum absolute atomic E-state index is 5.89. The van der Waals surface area contributed by atoms with Crippen LogP contribution in [-0.2, 0) is 15.2 Å².